The first-order valence-electron chi connectivity index (χ1n) is 4.59. The van der Waals surface area contributed by atoms with Crippen molar-refractivity contribution in [2.24, 2.45) is 0 Å². The molecular formula is C10H7BrN2O2S. The summed E-state index contributed by atoms with van der Waals surface area (Å²) in [5, 5.41) is 5.96. The fourth-order valence-electron chi connectivity index (χ4n) is 1.41. The lowest BCUT2D eigenvalue weighted by Crippen LogP contribution is -1.93. The number of fused-ring (bicyclic) bond motifs is 1. The second kappa shape index (κ2) is 3.95. The molecule has 0 unspecified atom stereocenters. The van der Waals surface area contributed by atoms with Gasteiger partial charge in [0.1, 0.15) is 4.60 Å². The van der Waals surface area contributed by atoms with Gasteiger partial charge in [0.15, 0.2) is 16.6 Å². The molecule has 0 spiro atoms. The Labute approximate surface area is 104 Å². The van der Waals surface area contributed by atoms with E-state index in [1.54, 1.807) is 0 Å². The highest BCUT2D eigenvalue weighted by Gasteiger charge is 2.13. The molecule has 3 rings (SSSR count). The highest BCUT2D eigenvalue weighted by atomic mass is 79.9. The first-order valence-corrected chi connectivity index (χ1v) is 6.26. The molecule has 0 fully saturated rings. The van der Waals surface area contributed by atoms with Crippen LogP contribution in [0.4, 0.5) is 10.8 Å². The van der Waals surface area contributed by atoms with E-state index < -0.39 is 0 Å². The van der Waals surface area contributed by atoms with Crippen LogP contribution in [0.5, 0.6) is 11.5 Å². The lowest BCUT2D eigenvalue weighted by atomic mass is 10.3. The van der Waals surface area contributed by atoms with E-state index in [0.29, 0.717) is 6.79 Å². The fraction of sp³-hybridized carbons (Fsp3) is 0.100. The van der Waals surface area contributed by atoms with Crippen LogP contribution in [-0.2, 0) is 0 Å². The minimum absolute atomic E-state index is 0.293. The molecule has 1 aliphatic rings. The van der Waals surface area contributed by atoms with Crippen LogP contribution in [0.25, 0.3) is 0 Å². The van der Waals surface area contributed by atoms with Crippen molar-refractivity contribution < 1.29 is 9.47 Å². The Bertz CT molecular complexity index is 529. The molecule has 16 heavy (non-hydrogen) atoms. The van der Waals surface area contributed by atoms with Crippen molar-refractivity contribution in [1.82, 2.24) is 4.98 Å². The number of hydrogen-bond donors (Lipinski definition) is 1. The Kier molecular flexibility index (Phi) is 2.45. The zero-order valence-electron chi connectivity index (χ0n) is 8.07. The molecule has 0 atom stereocenters. The molecule has 1 aromatic heterocycles. The third-order valence-corrected chi connectivity index (χ3v) is 3.57. The summed E-state index contributed by atoms with van der Waals surface area (Å²) in [7, 11) is 0. The van der Waals surface area contributed by atoms with Crippen LogP contribution in [0.1, 0.15) is 0 Å². The van der Waals surface area contributed by atoms with Crippen molar-refractivity contribution in [3.05, 3.63) is 28.2 Å². The normalized spacial score (nSPS) is 12.8. The molecule has 0 saturated carbocycles. The predicted molar refractivity (Wildman–Crippen MR) is 65.7 cm³/mol. The van der Waals surface area contributed by atoms with Crippen LogP contribution in [0, 0.1) is 0 Å². The van der Waals surface area contributed by atoms with Gasteiger partial charge >= 0.3 is 0 Å². The monoisotopic (exact) mass is 298 g/mol. The smallest absolute Gasteiger partial charge is 0.231 e. The second-order valence-electron chi connectivity index (χ2n) is 3.17. The van der Waals surface area contributed by atoms with Crippen LogP contribution in [0.3, 0.4) is 0 Å². The number of nitrogens with zero attached hydrogens (tertiary/aromatic N) is 1. The van der Waals surface area contributed by atoms with Crippen LogP contribution in [0.2, 0.25) is 0 Å². The number of nitrogens with one attached hydrogen (secondary N) is 1. The van der Waals surface area contributed by atoms with Gasteiger partial charge in [-0.3, -0.25) is 0 Å². The summed E-state index contributed by atoms with van der Waals surface area (Å²) in [4.78, 5) is 4.25. The van der Waals surface area contributed by atoms with Gasteiger partial charge in [0.2, 0.25) is 6.79 Å². The van der Waals surface area contributed by atoms with Gasteiger partial charge in [-0.05, 0) is 28.1 Å². The minimum Gasteiger partial charge on any atom is -0.454 e. The standard InChI is InChI=1S/C10H7BrN2O2S/c11-9-4-16-10(13-9)12-6-1-2-7-8(3-6)15-5-14-7/h1-4H,5H2,(H,12,13). The number of thiazole rings is 1. The largest absolute Gasteiger partial charge is 0.454 e. The van der Waals surface area contributed by atoms with Gasteiger partial charge < -0.3 is 14.8 Å². The van der Waals surface area contributed by atoms with Gasteiger partial charge in [0.05, 0.1) is 0 Å². The first kappa shape index (κ1) is 9.92. The number of rotatable bonds is 2. The minimum atomic E-state index is 0.293. The zero-order valence-corrected chi connectivity index (χ0v) is 10.5. The molecule has 1 aromatic carbocycles. The summed E-state index contributed by atoms with van der Waals surface area (Å²) in [5.74, 6) is 1.55. The van der Waals surface area contributed by atoms with Crippen molar-refractivity contribution in [3.63, 3.8) is 0 Å². The molecule has 2 aromatic rings. The van der Waals surface area contributed by atoms with Crippen molar-refractivity contribution in [2.75, 3.05) is 12.1 Å². The molecule has 82 valence electrons. The van der Waals surface area contributed by atoms with Gasteiger partial charge in [-0.1, -0.05) is 0 Å². The molecule has 1 aliphatic heterocycles. The molecule has 2 heterocycles. The second-order valence-corrected chi connectivity index (χ2v) is 4.84. The number of hydrogen-bond acceptors (Lipinski definition) is 5. The van der Waals surface area contributed by atoms with Crippen LogP contribution >= 0.6 is 27.3 Å². The highest BCUT2D eigenvalue weighted by Crippen LogP contribution is 2.35. The van der Waals surface area contributed by atoms with E-state index in [4.69, 9.17) is 9.47 Å². The maximum atomic E-state index is 5.29. The highest BCUT2D eigenvalue weighted by molar-refractivity contribution is 9.10. The predicted octanol–water partition coefficient (Wildman–Crippen LogP) is 3.38. The molecule has 0 bridgehead atoms. The lowest BCUT2D eigenvalue weighted by Gasteiger charge is -2.03. The summed E-state index contributed by atoms with van der Waals surface area (Å²) < 4.78 is 11.4. The summed E-state index contributed by atoms with van der Waals surface area (Å²) in [6.45, 7) is 0.293. The van der Waals surface area contributed by atoms with E-state index >= 15 is 0 Å². The third-order valence-electron chi connectivity index (χ3n) is 2.10. The van der Waals surface area contributed by atoms with E-state index in [1.165, 1.54) is 11.3 Å². The summed E-state index contributed by atoms with van der Waals surface area (Å²) in [6, 6.07) is 5.72. The van der Waals surface area contributed by atoms with Crippen molar-refractivity contribution in [2.45, 2.75) is 0 Å². The van der Waals surface area contributed by atoms with Crippen LogP contribution in [-0.4, -0.2) is 11.8 Å². The lowest BCUT2D eigenvalue weighted by molar-refractivity contribution is 0.174. The van der Waals surface area contributed by atoms with Crippen molar-refractivity contribution in [1.29, 1.82) is 0 Å². The SMILES string of the molecule is Brc1csc(Nc2ccc3c(c2)OCO3)n1. The van der Waals surface area contributed by atoms with Gasteiger partial charge in [0.25, 0.3) is 0 Å². The Morgan fingerprint density at radius 3 is 3.00 bits per heavy atom. The molecule has 4 nitrogen and oxygen atoms in total. The maximum absolute atomic E-state index is 5.29. The number of aromatic nitrogens is 1. The van der Waals surface area contributed by atoms with E-state index in [2.05, 4.69) is 26.2 Å². The maximum Gasteiger partial charge on any atom is 0.231 e. The average molecular weight is 299 g/mol. The van der Waals surface area contributed by atoms with Crippen molar-refractivity contribution in [3.8, 4) is 11.5 Å². The number of ether oxygens (including phenoxy) is 2. The van der Waals surface area contributed by atoms with Gasteiger partial charge in [-0.25, -0.2) is 4.98 Å². The molecular weight excluding hydrogens is 292 g/mol. The number of anilines is 2. The summed E-state index contributed by atoms with van der Waals surface area (Å²) in [6.07, 6.45) is 0. The molecule has 0 aliphatic carbocycles. The Morgan fingerprint density at radius 2 is 2.19 bits per heavy atom. The van der Waals surface area contributed by atoms with E-state index in [-0.39, 0.29) is 0 Å². The Morgan fingerprint density at radius 1 is 1.31 bits per heavy atom. The quantitative estimate of drug-likeness (QED) is 0.923. The number of benzene rings is 1. The van der Waals surface area contributed by atoms with Crippen LogP contribution < -0.4 is 14.8 Å². The Hall–Kier alpha value is -1.27. The topological polar surface area (TPSA) is 43.4 Å². The summed E-state index contributed by atoms with van der Waals surface area (Å²) in [5.41, 5.74) is 0.936. The van der Waals surface area contributed by atoms with E-state index in [9.17, 15) is 0 Å². The number of halogens is 1. The first-order chi connectivity index (χ1) is 7.81. The molecule has 1 N–H and O–H groups in total. The van der Waals surface area contributed by atoms with Gasteiger partial charge in [-0.15, -0.1) is 11.3 Å². The molecule has 0 amide bonds. The molecule has 0 saturated heterocycles. The molecule has 6 heteroatoms. The summed E-state index contributed by atoms with van der Waals surface area (Å²) >= 11 is 4.85. The molecule has 0 radical (unpaired) electrons. The van der Waals surface area contributed by atoms with Gasteiger partial charge in [-0.2, -0.15) is 0 Å². The van der Waals surface area contributed by atoms with Gasteiger partial charge in [0, 0.05) is 17.1 Å². The third kappa shape index (κ3) is 1.85. The van der Waals surface area contributed by atoms with Crippen molar-refractivity contribution >= 4 is 38.1 Å². The fourth-order valence-corrected chi connectivity index (χ4v) is 2.57. The van der Waals surface area contributed by atoms with E-state index in [1.807, 2.05) is 23.6 Å². The Balaban J connectivity index is 1.85. The zero-order chi connectivity index (χ0) is 11.0. The van der Waals surface area contributed by atoms with Crippen LogP contribution in [0.15, 0.2) is 28.2 Å². The average Bonchev–Trinajstić information content (AvgIpc) is 2.87. The van der Waals surface area contributed by atoms with E-state index in [0.717, 1.165) is 26.9 Å².